The van der Waals surface area contributed by atoms with Crippen molar-refractivity contribution in [1.82, 2.24) is 0 Å². The van der Waals surface area contributed by atoms with Crippen molar-refractivity contribution in [2.45, 2.75) is 20.3 Å². The summed E-state index contributed by atoms with van der Waals surface area (Å²) in [4.78, 5) is 28.6. The summed E-state index contributed by atoms with van der Waals surface area (Å²) >= 11 is 0. The van der Waals surface area contributed by atoms with E-state index in [9.17, 15) is 9.59 Å². The predicted octanol–water partition coefficient (Wildman–Crippen LogP) is 5.05. The minimum atomic E-state index is -0.451. The lowest BCUT2D eigenvalue weighted by atomic mass is 10.0. The topological polar surface area (TPSA) is 67.9 Å². The number of nitrogens with zero attached hydrogens (tertiary/aromatic N) is 1. The number of rotatable bonds is 8. The standard InChI is InChI=1S/C27H26N2O4/c1-4-18-14-16-19(17-15-18)28-25-24(20-10-6-8-12-22(20)32-3)26(30)29(27(25)31)21-11-7-9-13-23(21)33-5-2/h6-17,28H,4-5H2,1-3H3. The monoisotopic (exact) mass is 442 g/mol. The molecule has 3 aromatic rings. The summed E-state index contributed by atoms with van der Waals surface area (Å²) in [6, 6.07) is 22.0. The van der Waals surface area contributed by atoms with Crippen molar-refractivity contribution < 1.29 is 19.1 Å². The van der Waals surface area contributed by atoms with Crippen molar-refractivity contribution in [2.75, 3.05) is 23.9 Å². The molecule has 0 bridgehead atoms. The van der Waals surface area contributed by atoms with Crippen molar-refractivity contribution in [3.8, 4) is 11.5 Å². The highest BCUT2D eigenvalue weighted by molar-refractivity contribution is 6.46. The first-order chi connectivity index (χ1) is 16.1. The van der Waals surface area contributed by atoms with Crippen LogP contribution in [0.1, 0.15) is 25.0 Å². The van der Waals surface area contributed by atoms with E-state index in [0.29, 0.717) is 29.4 Å². The van der Waals surface area contributed by atoms with E-state index in [1.54, 1.807) is 37.4 Å². The van der Waals surface area contributed by atoms with Crippen molar-refractivity contribution in [3.63, 3.8) is 0 Å². The third-order valence-electron chi connectivity index (χ3n) is 5.50. The van der Waals surface area contributed by atoms with Crippen LogP contribution in [-0.4, -0.2) is 25.5 Å². The summed E-state index contributed by atoms with van der Waals surface area (Å²) < 4.78 is 11.2. The molecule has 0 radical (unpaired) electrons. The van der Waals surface area contributed by atoms with Gasteiger partial charge in [0.1, 0.15) is 17.2 Å². The van der Waals surface area contributed by atoms with Gasteiger partial charge in [0.05, 0.1) is 25.0 Å². The molecule has 0 atom stereocenters. The van der Waals surface area contributed by atoms with Crippen LogP contribution in [0.3, 0.4) is 0 Å². The first-order valence-electron chi connectivity index (χ1n) is 10.9. The summed E-state index contributed by atoms with van der Waals surface area (Å²) in [5.74, 6) is 0.0841. The highest BCUT2D eigenvalue weighted by Crippen LogP contribution is 2.40. The molecule has 6 nitrogen and oxygen atoms in total. The maximum Gasteiger partial charge on any atom is 0.282 e. The van der Waals surface area contributed by atoms with Gasteiger partial charge in [0, 0.05) is 11.3 Å². The zero-order chi connectivity index (χ0) is 23.4. The lowest BCUT2D eigenvalue weighted by Gasteiger charge is -2.19. The van der Waals surface area contributed by atoms with Gasteiger partial charge < -0.3 is 14.8 Å². The summed E-state index contributed by atoms with van der Waals surface area (Å²) in [5, 5.41) is 3.19. The number of aryl methyl sites for hydroxylation is 1. The third kappa shape index (κ3) is 4.20. The minimum absolute atomic E-state index is 0.194. The Bertz CT molecular complexity index is 1210. The average Bonchev–Trinajstić information content (AvgIpc) is 3.09. The van der Waals surface area contributed by atoms with E-state index in [1.165, 1.54) is 5.56 Å². The first kappa shape index (κ1) is 22.1. The summed E-state index contributed by atoms with van der Waals surface area (Å²) in [5.41, 5.74) is 3.29. The minimum Gasteiger partial charge on any atom is -0.496 e. The second-order valence-electron chi connectivity index (χ2n) is 7.47. The maximum absolute atomic E-state index is 13.7. The van der Waals surface area contributed by atoms with Gasteiger partial charge in [0.15, 0.2) is 0 Å². The molecule has 0 aromatic heterocycles. The van der Waals surface area contributed by atoms with Gasteiger partial charge in [0.2, 0.25) is 0 Å². The van der Waals surface area contributed by atoms with Crippen LogP contribution >= 0.6 is 0 Å². The van der Waals surface area contributed by atoms with Gasteiger partial charge in [-0.1, -0.05) is 49.4 Å². The maximum atomic E-state index is 13.7. The average molecular weight is 443 g/mol. The smallest absolute Gasteiger partial charge is 0.282 e. The molecule has 0 spiro atoms. The Morgan fingerprint density at radius 1 is 0.818 bits per heavy atom. The normalized spacial score (nSPS) is 13.5. The molecule has 3 aromatic carbocycles. The number of para-hydroxylation sites is 3. The molecule has 168 valence electrons. The van der Waals surface area contributed by atoms with E-state index in [0.717, 1.165) is 17.0 Å². The number of carbonyl (C=O) groups excluding carboxylic acids is 2. The van der Waals surface area contributed by atoms with Gasteiger partial charge in [-0.25, -0.2) is 4.90 Å². The Kier molecular flexibility index (Phi) is 6.45. The number of imide groups is 1. The zero-order valence-electron chi connectivity index (χ0n) is 18.9. The number of nitrogens with one attached hydrogen (secondary N) is 1. The van der Waals surface area contributed by atoms with E-state index in [1.807, 2.05) is 49.4 Å². The molecule has 0 unspecified atom stereocenters. The van der Waals surface area contributed by atoms with Crippen LogP contribution in [0.25, 0.3) is 5.57 Å². The van der Waals surface area contributed by atoms with Crippen LogP contribution < -0.4 is 19.7 Å². The second kappa shape index (κ2) is 9.61. The summed E-state index contributed by atoms with van der Waals surface area (Å²) in [7, 11) is 1.54. The van der Waals surface area contributed by atoms with E-state index in [-0.39, 0.29) is 11.3 Å². The van der Waals surface area contributed by atoms with Gasteiger partial charge in [0.25, 0.3) is 11.8 Å². The fourth-order valence-electron chi connectivity index (χ4n) is 3.85. The SMILES string of the molecule is CCOc1ccccc1N1C(=O)C(Nc2ccc(CC)cc2)=C(c2ccccc2OC)C1=O. The largest absolute Gasteiger partial charge is 0.496 e. The van der Waals surface area contributed by atoms with Crippen LogP contribution in [0.15, 0.2) is 78.5 Å². The Morgan fingerprint density at radius 2 is 1.48 bits per heavy atom. The fraction of sp³-hybridized carbons (Fsp3) is 0.185. The molecule has 0 aliphatic carbocycles. The number of benzene rings is 3. The highest BCUT2D eigenvalue weighted by atomic mass is 16.5. The third-order valence-corrected chi connectivity index (χ3v) is 5.50. The van der Waals surface area contributed by atoms with Crippen molar-refractivity contribution >= 4 is 28.8 Å². The van der Waals surface area contributed by atoms with E-state index in [4.69, 9.17) is 9.47 Å². The number of amides is 2. The summed E-state index contributed by atoms with van der Waals surface area (Å²) in [6.45, 7) is 4.35. The molecule has 2 amide bonds. The van der Waals surface area contributed by atoms with Gasteiger partial charge in [-0.2, -0.15) is 0 Å². The van der Waals surface area contributed by atoms with Gasteiger partial charge >= 0.3 is 0 Å². The number of carbonyl (C=O) groups is 2. The molecule has 1 aliphatic heterocycles. The van der Waals surface area contributed by atoms with Crippen molar-refractivity contribution in [3.05, 3.63) is 89.6 Å². The molecule has 0 fully saturated rings. The lowest BCUT2D eigenvalue weighted by Crippen LogP contribution is -2.32. The highest BCUT2D eigenvalue weighted by Gasteiger charge is 2.42. The first-order valence-corrected chi connectivity index (χ1v) is 10.9. The van der Waals surface area contributed by atoms with Crippen molar-refractivity contribution in [1.29, 1.82) is 0 Å². The molecular weight excluding hydrogens is 416 g/mol. The molecular formula is C27H26N2O4. The van der Waals surface area contributed by atoms with Gasteiger partial charge in [-0.15, -0.1) is 0 Å². The van der Waals surface area contributed by atoms with Crippen LogP contribution in [0.2, 0.25) is 0 Å². The molecule has 1 N–H and O–H groups in total. The van der Waals surface area contributed by atoms with E-state index in [2.05, 4.69) is 12.2 Å². The molecule has 6 heteroatoms. The number of anilines is 2. The van der Waals surface area contributed by atoms with Crippen LogP contribution in [0.5, 0.6) is 11.5 Å². The fourth-order valence-corrected chi connectivity index (χ4v) is 3.85. The van der Waals surface area contributed by atoms with Gasteiger partial charge in [-0.3, -0.25) is 9.59 Å². The number of hydrogen-bond acceptors (Lipinski definition) is 5. The Hall–Kier alpha value is -4.06. The Labute approximate surface area is 193 Å². The van der Waals surface area contributed by atoms with Gasteiger partial charge in [-0.05, 0) is 49.2 Å². The molecule has 33 heavy (non-hydrogen) atoms. The molecule has 1 aliphatic rings. The molecule has 1 heterocycles. The molecule has 0 saturated heterocycles. The Balaban J connectivity index is 1.84. The van der Waals surface area contributed by atoms with E-state index < -0.39 is 11.8 Å². The quantitative estimate of drug-likeness (QED) is 0.494. The van der Waals surface area contributed by atoms with Crippen LogP contribution in [0, 0.1) is 0 Å². The second-order valence-corrected chi connectivity index (χ2v) is 7.47. The molecule has 4 rings (SSSR count). The summed E-state index contributed by atoms with van der Waals surface area (Å²) in [6.07, 6.45) is 0.912. The Morgan fingerprint density at radius 3 is 2.15 bits per heavy atom. The van der Waals surface area contributed by atoms with Crippen molar-refractivity contribution in [2.24, 2.45) is 0 Å². The predicted molar refractivity (Wildman–Crippen MR) is 129 cm³/mol. The number of methoxy groups -OCH3 is 1. The number of ether oxygens (including phenoxy) is 2. The zero-order valence-corrected chi connectivity index (χ0v) is 18.9. The lowest BCUT2D eigenvalue weighted by molar-refractivity contribution is -0.120. The molecule has 0 saturated carbocycles. The number of hydrogen-bond donors (Lipinski definition) is 1. The van der Waals surface area contributed by atoms with Crippen LogP contribution in [0.4, 0.5) is 11.4 Å². The van der Waals surface area contributed by atoms with Crippen LogP contribution in [-0.2, 0) is 16.0 Å². The van der Waals surface area contributed by atoms with E-state index >= 15 is 0 Å².